The van der Waals surface area contributed by atoms with Gasteiger partial charge in [-0.15, -0.1) is 0 Å². The molecule has 374 valence electrons. The van der Waals surface area contributed by atoms with E-state index in [2.05, 4.69) is 13.8 Å². The Morgan fingerprint density at radius 1 is 0.597 bits per heavy atom. The van der Waals surface area contributed by atoms with Gasteiger partial charge in [-0.3, -0.25) is 14.4 Å². The van der Waals surface area contributed by atoms with E-state index in [1.807, 2.05) is 41.5 Å². The highest BCUT2D eigenvalue weighted by Crippen LogP contribution is 2.61. The number of hydrogen-bond donors (Lipinski definition) is 1. The van der Waals surface area contributed by atoms with Crippen molar-refractivity contribution in [3.63, 3.8) is 0 Å². The van der Waals surface area contributed by atoms with Gasteiger partial charge in [-0.05, 0) is 167 Å². The lowest BCUT2D eigenvalue weighted by Gasteiger charge is -2.60. The summed E-state index contributed by atoms with van der Waals surface area (Å²) >= 11 is 0. The van der Waals surface area contributed by atoms with Crippen LogP contribution in [0.3, 0.4) is 0 Å². The number of carbonyl (C=O) groups excluding carboxylic acids is 4. The number of aliphatic hydroxyl groups is 1. The van der Waals surface area contributed by atoms with E-state index in [-0.39, 0.29) is 101 Å². The highest BCUT2D eigenvalue weighted by Gasteiger charge is 2.60. The first-order chi connectivity index (χ1) is 24.6. The van der Waals surface area contributed by atoms with Gasteiger partial charge in [-0.2, -0.15) is 0 Å². The van der Waals surface area contributed by atoms with Crippen molar-refractivity contribution in [2.24, 2.45) is 51.8 Å². The minimum Gasteiger partial charge on any atom is -0.463 e. The summed E-state index contributed by atoms with van der Waals surface area (Å²) in [6, 6.07) is 0. The Morgan fingerprint density at radius 3 is 1.34 bits per heavy atom. The van der Waals surface area contributed by atoms with Gasteiger partial charge in [0.2, 0.25) is 6.10 Å². The van der Waals surface area contributed by atoms with Crippen LogP contribution in [0.25, 0.3) is 0 Å². The van der Waals surface area contributed by atoms with Crippen LogP contribution in [-0.4, -0.2) is 58.5 Å². The van der Waals surface area contributed by atoms with E-state index in [1.165, 1.54) is 38.5 Å². The molecule has 8 bridgehead atoms. The van der Waals surface area contributed by atoms with E-state index in [0.717, 1.165) is 56.8 Å². The zero-order valence-electron chi connectivity index (χ0n) is 34.8. The molecule has 1 heterocycles. The lowest BCUT2D eigenvalue weighted by atomic mass is 9.49. The number of rotatable bonds is 10. The van der Waals surface area contributed by atoms with Gasteiger partial charge < -0.3 is 24.1 Å². The van der Waals surface area contributed by atoms with Crippen molar-refractivity contribution in [1.82, 2.24) is 0 Å². The third-order valence-corrected chi connectivity index (χ3v) is 15.1. The lowest BCUT2D eigenvalue weighted by molar-refractivity contribution is -0.225. The molecule has 62 heavy (non-hydrogen) atoms. The third kappa shape index (κ3) is 14.4. The molecular formula is C53H108O9. The van der Waals surface area contributed by atoms with E-state index in [1.54, 1.807) is 13.8 Å². The summed E-state index contributed by atoms with van der Waals surface area (Å²) in [5.41, 5.74) is -2.31. The molecule has 0 aromatic heterocycles. The maximum Gasteiger partial charge on any atom is 0.347 e. The Morgan fingerprint density at radius 2 is 0.984 bits per heavy atom. The topological polar surface area (TPSA) is 125 Å². The van der Waals surface area contributed by atoms with Gasteiger partial charge in [0.25, 0.3) is 0 Å². The molecule has 9 rings (SSSR count). The van der Waals surface area contributed by atoms with Crippen LogP contribution >= 0.6 is 0 Å². The summed E-state index contributed by atoms with van der Waals surface area (Å²) in [6.45, 7) is 20.1. The van der Waals surface area contributed by atoms with Crippen LogP contribution < -0.4 is 0 Å². The van der Waals surface area contributed by atoms with Crippen molar-refractivity contribution in [3.8, 4) is 0 Å². The average molecular weight is 889 g/mol. The van der Waals surface area contributed by atoms with E-state index in [4.69, 9.17) is 18.9 Å². The van der Waals surface area contributed by atoms with Gasteiger partial charge in [0.05, 0.1) is 28.5 Å². The largest absolute Gasteiger partial charge is 0.463 e. The summed E-state index contributed by atoms with van der Waals surface area (Å²) in [6.07, 6.45) is 15.5. The van der Waals surface area contributed by atoms with Gasteiger partial charge in [0.1, 0.15) is 11.2 Å². The van der Waals surface area contributed by atoms with E-state index < -0.39 is 28.5 Å². The molecular weight excluding hydrogens is 781 g/mol. The monoisotopic (exact) mass is 889 g/mol. The fraction of sp³-hybridized carbons (Fsp3) is 0.925. The first-order valence-corrected chi connectivity index (χ1v) is 21.2. The van der Waals surface area contributed by atoms with Crippen molar-refractivity contribution in [3.05, 3.63) is 0 Å². The highest BCUT2D eigenvalue weighted by atomic mass is 16.6. The van der Waals surface area contributed by atoms with Gasteiger partial charge in [-0.25, -0.2) is 4.79 Å². The summed E-state index contributed by atoms with van der Waals surface area (Å²) in [5.74, 6) is 3.45. The van der Waals surface area contributed by atoms with Gasteiger partial charge >= 0.3 is 23.9 Å². The third-order valence-electron chi connectivity index (χ3n) is 15.1. The van der Waals surface area contributed by atoms with Crippen molar-refractivity contribution >= 4 is 23.9 Å². The normalized spacial score (nSPS) is 32.4. The number of cyclic esters (lactones) is 1. The summed E-state index contributed by atoms with van der Waals surface area (Å²) in [5, 5.41) is 10.6. The first kappa shape index (κ1) is 68.9. The standard InChI is InChI=1S/C18H30O2.C16H26O3.C10H16O4.9CH4/c1-5-17(3,4)16(19)20-18(6-2)14-8-12-7-13(10-14)11-15(18)9-12;1-4-14(2,3)13(17)19-16-8-11-5-12(9-16)7-15(18,6-11)10-16;1-4-10(2,3)9(12)14-7-5-6-13-8(7)11;;;;;;;;;/h12-15H,5-11H2,1-4H3;11-12,18H,4-10H2,1-3H3;7H,4-6H2,1-3H3;9*1H4. The Labute approximate surface area is 386 Å². The molecule has 3 atom stereocenters. The number of carbonyl (C=O) groups is 4. The van der Waals surface area contributed by atoms with Gasteiger partial charge in [0, 0.05) is 12.8 Å². The molecule has 9 fully saturated rings. The maximum absolute atomic E-state index is 12.6. The van der Waals surface area contributed by atoms with E-state index in [9.17, 15) is 24.3 Å². The molecule has 9 heteroatoms. The molecule has 9 nitrogen and oxygen atoms in total. The minimum absolute atomic E-state index is 0. The van der Waals surface area contributed by atoms with Gasteiger partial charge in [-0.1, -0.05) is 94.5 Å². The number of hydrogen-bond acceptors (Lipinski definition) is 9. The molecule has 1 aliphatic heterocycles. The molecule has 0 radical (unpaired) electrons. The van der Waals surface area contributed by atoms with Crippen LogP contribution in [0.1, 0.15) is 239 Å². The zero-order valence-corrected chi connectivity index (χ0v) is 34.8. The quantitative estimate of drug-likeness (QED) is 0.169. The molecule has 3 unspecified atom stereocenters. The maximum atomic E-state index is 12.6. The first-order valence-electron chi connectivity index (χ1n) is 21.2. The van der Waals surface area contributed by atoms with Crippen molar-refractivity contribution in [2.45, 2.75) is 262 Å². The summed E-state index contributed by atoms with van der Waals surface area (Å²) in [4.78, 5) is 47.6. The SMILES string of the molecule is C.C.C.C.C.C.C.C.C.CCC(C)(C)C(=O)OC1(CC)C2CC3CC(C2)CC1C3.CCC(C)(C)C(=O)OC12CC3CC(CC(O)(C3)C1)C2.CCC(C)(C)C(=O)OC1CCOC1=O. The second-order valence-corrected chi connectivity index (χ2v) is 20.3. The van der Waals surface area contributed by atoms with E-state index in [0.29, 0.717) is 49.5 Å². The molecule has 8 aliphatic carbocycles. The van der Waals surface area contributed by atoms with E-state index >= 15 is 0 Å². The molecule has 9 aliphatic rings. The Balaban J connectivity index is -0.000000248. The van der Waals surface area contributed by atoms with Crippen molar-refractivity contribution in [1.29, 1.82) is 0 Å². The van der Waals surface area contributed by atoms with Crippen LogP contribution in [0, 0.1) is 51.8 Å². The second-order valence-electron chi connectivity index (χ2n) is 20.3. The molecule has 0 spiro atoms. The molecule has 1 saturated heterocycles. The molecule has 0 amide bonds. The predicted molar refractivity (Wildman–Crippen MR) is 263 cm³/mol. The molecule has 1 N–H and O–H groups in total. The van der Waals surface area contributed by atoms with Crippen LogP contribution in [0.5, 0.6) is 0 Å². The Kier molecular flexibility index (Phi) is 28.3. The van der Waals surface area contributed by atoms with Crippen LogP contribution in [0.4, 0.5) is 0 Å². The van der Waals surface area contributed by atoms with Gasteiger partial charge in [0.15, 0.2) is 0 Å². The predicted octanol–water partition coefficient (Wildman–Crippen LogP) is 14.6. The molecule has 0 aromatic rings. The average Bonchev–Trinajstić information content (AvgIpc) is 3.48. The summed E-state index contributed by atoms with van der Waals surface area (Å²) in [7, 11) is 0. The fourth-order valence-electron chi connectivity index (χ4n) is 11.0. The molecule has 8 saturated carbocycles. The number of esters is 4. The minimum atomic E-state index is -0.687. The zero-order chi connectivity index (χ0) is 39.2. The second kappa shape index (κ2) is 25.5. The Bertz CT molecular complexity index is 1320. The van der Waals surface area contributed by atoms with Crippen LogP contribution in [0.2, 0.25) is 0 Å². The van der Waals surface area contributed by atoms with Crippen LogP contribution in [0.15, 0.2) is 0 Å². The lowest BCUT2D eigenvalue weighted by Crippen LogP contribution is -2.61. The smallest absolute Gasteiger partial charge is 0.347 e. The van der Waals surface area contributed by atoms with Crippen molar-refractivity contribution in [2.75, 3.05) is 6.61 Å². The summed E-state index contributed by atoms with van der Waals surface area (Å²) < 4.78 is 22.0. The fourth-order valence-corrected chi connectivity index (χ4v) is 11.0. The molecule has 0 aromatic carbocycles. The van der Waals surface area contributed by atoms with Crippen LogP contribution in [-0.2, 0) is 38.1 Å². The highest BCUT2D eigenvalue weighted by molar-refractivity contribution is 5.82. The Hall–Kier alpha value is -2.16. The number of ether oxygens (including phenoxy) is 4. The van der Waals surface area contributed by atoms with Crippen molar-refractivity contribution < 1.29 is 43.2 Å².